The summed E-state index contributed by atoms with van der Waals surface area (Å²) in [6.45, 7) is 6.20. The lowest BCUT2D eigenvalue weighted by Gasteiger charge is -2.06. The normalized spacial score (nSPS) is 11.5. The summed E-state index contributed by atoms with van der Waals surface area (Å²) >= 11 is 0. The van der Waals surface area contributed by atoms with Crippen molar-refractivity contribution in [2.75, 3.05) is 6.54 Å². The molecule has 0 aliphatic heterocycles. The molecule has 2 aromatic rings. The second-order valence-corrected chi connectivity index (χ2v) is 4.46. The van der Waals surface area contributed by atoms with Gasteiger partial charge in [0.15, 0.2) is 5.65 Å². The maximum absolute atomic E-state index is 4.55. The quantitative estimate of drug-likeness (QED) is 0.849. The standard InChI is InChI=1S/C12H18N4/c1-9(2)7-13-8-11-15-10-5-4-6-14-12(10)16(11)3/h4-6,9,13H,7-8H2,1-3H3. The molecule has 0 amide bonds. The maximum atomic E-state index is 4.55. The number of imidazole rings is 1. The summed E-state index contributed by atoms with van der Waals surface area (Å²) in [5.41, 5.74) is 1.91. The fraction of sp³-hybridized carbons (Fsp3) is 0.500. The van der Waals surface area contributed by atoms with Gasteiger partial charge in [0, 0.05) is 13.2 Å². The first-order valence-electron chi connectivity index (χ1n) is 5.65. The van der Waals surface area contributed by atoms with Gasteiger partial charge in [-0.15, -0.1) is 0 Å². The predicted molar refractivity (Wildman–Crippen MR) is 65.1 cm³/mol. The first kappa shape index (κ1) is 11.1. The predicted octanol–water partition coefficient (Wildman–Crippen LogP) is 1.71. The van der Waals surface area contributed by atoms with E-state index in [9.17, 15) is 0 Å². The van der Waals surface area contributed by atoms with Crippen LogP contribution in [0.2, 0.25) is 0 Å². The van der Waals surface area contributed by atoms with E-state index in [1.54, 1.807) is 6.20 Å². The molecule has 0 aliphatic rings. The number of aromatic nitrogens is 3. The molecule has 0 saturated carbocycles. The third-order valence-electron chi connectivity index (χ3n) is 2.56. The fourth-order valence-corrected chi connectivity index (χ4v) is 1.70. The third kappa shape index (κ3) is 2.22. The number of hydrogen-bond donors (Lipinski definition) is 1. The van der Waals surface area contributed by atoms with E-state index in [4.69, 9.17) is 0 Å². The summed E-state index contributed by atoms with van der Waals surface area (Å²) in [7, 11) is 2.01. The van der Waals surface area contributed by atoms with Gasteiger partial charge in [0.05, 0.1) is 6.54 Å². The van der Waals surface area contributed by atoms with E-state index in [-0.39, 0.29) is 0 Å². The van der Waals surface area contributed by atoms with E-state index < -0.39 is 0 Å². The number of fused-ring (bicyclic) bond motifs is 1. The molecule has 2 rings (SSSR count). The highest BCUT2D eigenvalue weighted by molar-refractivity contribution is 5.70. The van der Waals surface area contributed by atoms with Crippen LogP contribution in [0.4, 0.5) is 0 Å². The minimum Gasteiger partial charge on any atom is -0.315 e. The minimum atomic E-state index is 0.660. The summed E-state index contributed by atoms with van der Waals surface area (Å²) in [4.78, 5) is 8.86. The van der Waals surface area contributed by atoms with Gasteiger partial charge >= 0.3 is 0 Å². The lowest BCUT2D eigenvalue weighted by Crippen LogP contribution is -2.20. The van der Waals surface area contributed by atoms with E-state index >= 15 is 0 Å². The summed E-state index contributed by atoms with van der Waals surface area (Å²) in [6, 6.07) is 3.91. The zero-order chi connectivity index (χ0) is 11.5. The summed E-state index contributed by atoms with van der Waals surface area (Å²) in [5, 5.41) is 3.39. The monoisotopic (exact) mass is 218 g/mol. The molecule has 4 heteroatoms. The summed E-state index contributed by atoms with van der Waals surface area (Å²) < 4.78 is 2.04. The van der Waals surface area contributed by atoms with Gasteiger partial charge in [0.25, 0.3) is 0 Å². The first-order valence-corrected chi connectivity index (χ1v) is 5.65. The van der Waals surface area contributed by atoms with Crippen molar-refractivity contribution in [2.45, 2.75) is 20.4 Å². The van der Waals surface area contributed by atoms with Crippen LogP contribution in [0.3, 0.4) is 0 Å². The molecule has 86 valence electrons. The molecular formula is C12H18N4. The SMILES string of the molecule is CC(C)CNCc1nc2cccnc2n1C. The average Bonchev–Trinajstić information content (AvgIpc) is 2.56. The van der Waals surface area contributed by atoms with Crippen molar-refractivity contribution in [1.29, 1.82) is 0 Å². The van der Waals surface area contributed by atoms with Crippen LogP contribution in [-0.4, -0.2) is 21.1 Å². The van der Waals surface area contributed by atoms with Crippen molar-refractivity contribution in [3.63, 3.8) is 0 Å². The van der Waals surface area contributed by atoms with Gasteiger partial charge in [0.1, 0.15) is 11.3 Å². The highest BCUT2D eigenvalue weighted by Gasteiger charge is 2.07. The molecule has 0 bridgehead atoms. The van der Waals surface area contributed by atoms with Crippen molar-refractivity contribution in [3.05, 3.63) is 24.2 Å². The topological polar surface area (TPSA) is 42.7 Å². The number of nitrogens with one attached hydrogen (secondary N) is 1. The molecule has 0 fully saturated rings. The van der Waals surface area contributed by atoms with E-state index in [2.05, 4.69) is 29.1 Å². The number of hydrogen-bond acceptors (Lipinski definition) is 3. The molecule has 16 heavy (non-hydrogen) atoms. The Kier molecular flexibility index (Phi) is 3.19. The van der Waals surface area contributed by atoms with Crippen LogP contribution in [0, 0.1) is 5.92 Å². The Labute approximate surface area is 95.7 Å². The van der Waals surface area contributed by atoms with E-state index in [0.717, 1.165) is 30.1 Å². The van der Waals surface area contributed by atoms with Crippen LogP contribution >= 0.6 is 0 Å². The molecule has 0 unspecified atom stereocenters. The summed E-state index contributed by atoms with van der Waals surface area (Å²) in [6.07, 6.45) is 1.80. The van der Waals surface area contributed by atoms with Gasteiger partial charge in [0.2, 0.25) is 0 Å². The molecule has 2 heterocycles. The molecule has 2 aromatic heterocycles. The Morgan fingerprint density at radius 1 is 1.44 bits per heavy atom. The van der Waals surface area contributed by atoms with E-state index in [0.29, 0.717) is 5.92 Å². The smallest absolute Gasteiger partial charge is 0.159 e. The van der Waals surface area contributed by atoms with Gasteiger partial charge in [-0.25, -0.2) is 9.97 Å². The zero-order valence-electron chi connectivity index (χ0n) is 10.1. The van der Waals surface area contributed by atoms with E-state index in [1.807, 2.05) is 23.7 Å². The number of nitrogens with zero attached hydrogens (tertiary/aromatic N) is 3. The Morgan fingerprint density at radius 2 is 2.25 bits per heavy atom. The molecule has 1 N–H and O–H groups in total. The Morgan fingerprint density at radius 3 is 2.94 bits per heavy atom. The Bertz CT molecular complexity index is 473. The van der Waals surface area contributed by atoms with Crippen LogP contribution in [-0.2, 0) is 13.6 Å². The minimum absolute atomic E-state index is 0.660. The van der Waals surface area contributed by atoms with Gasteiger partial charge in [-0.1, -0.05) is 13.8 Å². The van der Waals surface area contributed by atoms with Crippen LogP contribution in [0.15, 0.2) is 18.3 Å². The highest BCUT2D eigenvalue weighted by atomic mass is 15.1. The highest BCUT2D eigenvalue weighted by Crippen LogP contribution is 2.11. The molecule has 0 aliphatic carbocycles. The summed E-state index contributed by atoms with van der Waals surface area (Å²) in [5.74, 6) is 1.70. The van der Waals surface area contributed by atoms with Crippen molar-refractivity contribution in [3.8, 4) is 0 Å². The second-order valence-electron chi connectivity index (χ2n) is 4.46. The van der Waals surface area contributed by atoms with Crippen LogP contribution in [0.5, 0.6) is 0 Å². The number of pyridine rings is 1. The molecule has 0 saturated heterocycles. The fourth-order valence-electron chi connectivity index (χ4n) is 1.70. The number of rotatable bonds is 4. The van der Waals surface area contributed by atoms with Gasteiger partial charge < -0.3 is 9.88 Å². The lowest BCUT2D eigenvalue weighted by molar-refractivity contribution is 0.538. The Hall–Kier alpha value is -1.42. The van der Waals surface area contributed by atoms with Gasteiger partial charge in [-0.05, 0) is 24.6 Å². The van der Waals surface area contributed by atoms with Crippen molar-refractivity contribution >= 4 is 11.2 Å². The van der Waals surface area contributed by atoms with Crippen LogP contribution in [0.1, 0.15) is 19.7 Å². The Balaban J connectivity index is 2.15. The van der Waals surface area contributed by atoms with Gasteiger partial charge in [-0.2, -0.15) is 0 Å². The van der Waals surface area contributed by atoms with E-state index in [1.165, 1.54) is 0 Å². The van der Waals surface area contributed by atoms with Crippen molar-refractivity contribution in [1.82, 2.24) is 19.9 Å². The van der Waals surface area contributed by atoms with Crippen molar-refractivity contribution in [2.24, 2.45) is 13.0 Å². The molecule has 0 aromatic carbocycles. The third-order valence-corrected chi connectivity index (χ3v) is 2.56. The molecule has 0 spiro atoms. The molecular weight excluding hydrogens is 200 g/mol. The average molecular weight is 218 g/mol. The van der Waals surface area contributed by atoms with Crippen LogP contribution < -0.4 is 5.32 Å². The second kappa shape index (κ2) is 4.61. The molecule has 4 nitrogen and oxygen atoms in total. The zero-order valence-corrected chi connectivity index (χ0v) is 10.1. The maximum Gasteiger partial charge on any atom is 0.159 e. The van der Waals surface area contributed by atoms with Crippen molar-refractivity contribution < 1.29 is 0 Å². The lowest BCUT2D eigenvalue weighted by atomic mass is 10.2. The van der Waals surface area contributed by atoms with Gasteiger partial charge in [-0.3, -0.25) is 0 Å². The van der Waals surface area contributed by atoms with Crippen LogP contribution in [0.25, 0.3) is 11.2 Å². The first-order chi connectivity index (χ1) is 7.68. The largest absolute Gasteiger partial charge is 0.315 e. The molecule has 0 radical (unpaired) electrons. The number of aryl methyl sites for hydroxylation is 1. The molecule has 0 atom stereocenters.